The molecule has 0 saturated carbocycles. The number of nitrogens with one attached hydrogen (secondary N) is 1. The third-order valence-corrected chi connectivity index (χ3v) is 4.37. The first-order valence-corrected chi connectivity index (χ1v) is 9.11. The van der Waals surface area contributed by atoms with Gasteiger partial charge >= 0.3 is 5.97 Å². The number of aromatic nitrogens is 2. The Bertz CT molecular complexity index is 898. The van der Waals surface area contributed by atoms with Gasteiger partial charge in [0.05, 0.1) is 11.9 Å². The molecule has 0 radical (unpaired) electrons. The van der Waals surface area contributed by atoms with Crippen molar-refractivity contribution in [3.63, 3.8) is 0 Å². The third kappa shape index (κ3) is 3.30. The Morgan fingerprint density at radius 2 is 2.17 bits per heavy atom. The highest BCUT2D eigenvalue weighted by atomic mass is 32.2. The van der Waals surface area contributed by atoms with Crippen LogP contribution in [0.15, 0.2) is 30.7 Å². The van der Waals surface area contributed by atoms with Crippen LogP contribution in [0.3, 0.4) is 0 Å². The molecule has 3 rings (SSSR count). The molecule has 0 atom stereocenters. The van der Waals surface area contributed by atoms with Gasteiger partial charge in [-0.1, -0.05) is 12.1 Å². The molecule has 2 aromatic rings. The summed E-state index contributed by atoms with van der Waals surface area (Å²) >= 11 is 0. The largest absolute Gasteiger partial charge is 0.477 e. The number of aromatic carboxylic acids is 1. The standard InChI is InChI=1S/C15H16N4O4S/c1-24(22,23)18-13-4-2-3-10-8-19(6-5-11(10)13)14-12(15(20)21)7-16-9-17-14/h2-4,7,9,18H,5-6,8H2,1H3,(H,20,21). The van der Waals surface area contributed by atoms with Gasteiger partial charge in [0, 0.05) is 19.3 Å². The Hall–Kier alpha value is -2.68. The minimum atomic E-state index is -3.36. The minimum Gasteiger partial charge on any atom is -0.477 e. The van der Waals surface area contributed by atoms with Crippen molar-refractivity contribution in [3.8, 4) is 0 Å². The predicted molar refractivity (Wildman–Crippen MR) is 88.7 cm³/mol. The summed E-state index contributed by atoms with van der Waals surface area (Å²) in [5.74, 6) is -0.714. The summed E-state index contributed by atoms with van der Waals surface area (Å²) in [5.41, 5.74) is 2.47. The van der Waals surface area contributed by atoms with Gasteiger partial charge in [-0.3, -0.25) is 4.72 Å². The molecule has 0 saturated heterocycles. The molecule has 24 heavy (non-hydrogen) atoms. The first-order valence-electron chi connectivity index (χ1n) is 7.22. The van der Waals surface area contributed by atoms with Crippen molar-refractivity contribution in [3.05, 3.63) is 47.4 Å². The first-order chi connectivity index (χ1) is 11.3. The fourth-order valence-corrected chi connectivity index (χ4v) is 3.40. The van der Waals surface area contributed by atoms with Crippen LogP contribution in [-0.2, 0) is 23.0 Å². The highest BCUT2D eigenvalue weighted by Crippen LogP contribution is 2.29. The van der Waals surface area contributed by atoms with Gasteiger partial charge in [0.15, 0.2) is 0 Å². The van der Waals surface area contributed by atoms with E-state index in [1.807, 2.05) is 11.0 Å². The van der Waals surface area contributed by atoms with E-state index in [4.69, 9.17) is 0 Å². The van der Waals surface area contributed by atoms with Crippen molar-refractivity contribution in [2.75, 3.05) is 22.4 Å². The van der Waals surface area contributed by atoms with Gasteiger partial charge in [0.1, 0.15) is 17.7 Å². The number of anilines is 2. The maximum Gasteiger partial charge on any atom is 0.341 e. The molecule has 2 heterocycles. The van der Waals surface area contributed by atoms with Crippen LogP contribution in [0.25, 0.3) is 0 Å². The van der Waals surface area contributed by atoms with Gasteiger partial charge in [-0.05, 0) is 23.6 Å². The number of carbonyl (C=O) groups is 1. The second-order valence-corrected chi connectivity index (χ2v) is 7.30. The summed E-state index contributed by atoms with van der Waals surface area (Å²) in [6, 6.07) is 5.40. The number of nitrogens with zero attached hydrogens (tertiary/aromatic N) is 3. The maximum absolute atomic E-state index is 11.5. The number of rotatable bonds is 4. The molecule has 1 aliphatic rings. The van der Waals surface area contributed by atoms with Crippen LogP contribution >= 0.6 is 0 Å². The lowest BCUT2D eigenvalue weighted by atomic mass is 9.98. The summed E-state index contributed by atoms with van der Waals surface area (Å²) in [6.45, 7) is 0.985. The molecule has 0 fully saturated rings. The van der Waals surface area contributed by atoms with Crippen LogP contribution in [-0.4, -0.2) is 42.3 Å². The number of hydrogen-bond donors (Lipinski definition) is 2. The fraction of sp³-hybridized carbons (Fsp3) is 0.267. The van der Waals surface area contributed by atoms with E-state index in [1.165, 1.54) is 12.5 Å². The van der Waals surface area contributed by atoms with Crippen molar-refractivity contribution in [2.45, 2.75) is 13.0 Å². The second-order valence-electron chi connectivity index (χ2n) is 5.55. The molecule has 0 spiro atoms. The average Bonchev–Trinajstić information content (AvgIpc) is 2.53. The third-order valence-electron chi connectivity index (χ3n) is 3.78. The topological polar surface area (TPSA) is 112 Å². The number of fused-ring (bicyclic) bond motifs is 1. The molecule has 0 unspecified atom stereocenters. The van der Waals surface area contributed by atoms with Gasteiger partial charge in [0.2, 0.25) is 10.0 Å². The van der Waals surface area contributed by atoms with Gasteiger partial charge in [-0.25, -0.2) is 23.2 Å². The minimum absolute atomic E-state index is 0.0476. The SMILES string of the molecule is CS(=O)(=O)Nc1cccc2c1CCN(c1ncncc1C(=O)O)C2. The number of carboxylic acid groups (broad SMARTS) is 1. The van der Waals surface area contributed by atoms with E-state index in [1.54, 1.807) is 12.1 Å². The molecule has 8 nitrogen and oxygen atoms in total. The highest BCUT2D eigenvalue weighted by Gasteiger charge is 2.24. The van der Waals surface area contributed by atoms with E-state index in [-0.39, 0.29) is 5.56 Å². The normalized spacial score (nSPS) is 14.1. The summed E-state index contributed by atoms with van der Waals surface area (Å²) in [4.78, 5) is 21.1. The van der Waals surface area contributed by atoms with E-state index in [2.05, 4.69) is 14.7 Å². The Morgan fingerprint density at radius 1 is 1.38 bits per heavy atom. The molecule has 1 aliphatic heterocycles. The molecular weight excluding hydrogens is 332 g/mol. The summed E-state index contributed by atoms with van der Waals surface area (Å²) < 4.78 is 25.5. The van der Waals surface area contributed by atoms with Gasteiger partial charge in [0.25, 0.3) is 0 Å². The van der Waals surface area contributed by atoms with E-state index in [9.17, 15) is 18.3 Å². The molecule has 126 valence electrons. The van der Waals surface area contributed by atoms with E-state index >= 15 is 0 Å². The highest BCUT2D eigenvalue weighted by molar-refractivity contribution is 7.92. The summed E-state index contributed by atoms with van der Waals surface area (Å²) in [6.07, 6.45) is 4.29. The Balaban J connectivity index is 1.94. The van der Waals surface area contributed by atoms with E-state index < -0.39 is 16.0 Å². The predicted octanol–water partition coefficient (Wildman–Crippen LogP) is 1.11. The molecule has 1 aromatic heterocycles. The van der Waals surface area contributed by atoms with Crippen LogP contribution in [0.2, 0.25) is 0 Å². The molecule has 0 amide bonds. The van der Waals surface area contributed by atoms with Gasteiger partial charge in [-0.15, -0.1) is 0 Å². The first kappa shape index (κ1) is 16.2. The Kier molecular flexibility index (Phi) is 4.10. The lowest BCUT2D eigenvalue weighted by Gasteiger charge is -2.31. The zero-order valence-corrected chi connectivity index (χ0v) is 13.7. The van der Waals surface area contributed by atoms with Crippen LogP contribution in [0.1, 0.15) is 21.5 Å². The Labute approximate surface area is 139 Å². The lowest BCUT2D eigenvalue weighted by Crippen LogP contribution is -2.33. The van der Waals surface area contributed by atoms with Crippen molar-refractivity contribution >= 4 is 27.5 Å². The van der Waals surface area contributed by atoms with Crippen molar-refractivity contribution in [2.24, 2.45) is 0 Å². The Morgan fingerprint density at radius 3 is 2.88 bits per heavy atom. The molecular formula is C15H16N4O4S. The fourth-order valence-electron chi connectivity index (χ4n) is 2.81. The molecule has 0 aliphatic carbocycles. The number of sulfonamides is 1. The van der Waals surface area contributed by atoms with Gasteiger partial charge < -0.3 is 10.0 Å². The van der Waals surface area contributed by atoms with Crippen LogP contribution in [0.4, 0.5) is 11.5 Å². The quantitative estimate of drug-likeness (QED) is 0.851. The molecule has 0 bridgehead atoms. The monoisotopic (exact) mass is 348 g/mol. The van der Waals surface area contributed by atoms with Crippen molar-refractivity contribution in [1.29, 1.82) is 0 Å². The summed E-state index contributed by atoms with van der Waals surface area (Å²) in [5, 5.41) is 9.28. The average molecular weight is 348 g/mol. The zero-order chi connectivity index (χ0) is 17.3. The summed E-state index contributed by atoms with van der Waals surface area (Å²) in [7, 11) is -3.36. The van der Waals surface area contributed by atoms with Gasteiger partial charge in [-0.2, -0.15) is 0 Å². The van der Waals surface area contributed by atoms with E-state index in [0.29, 0.717) is 31.0 Å². The van der Waals surface area contributed by atoms with E-state index in [0.717, 1.165) is 17.4 Å². The van der Waals surface area contributed by atoms with Crippen molar-refractivity contribution in [1.82, 2.24) is 9.97 Å². The second kappa shape index (κ2) is 6.08. The lowest BCUT2D eigenvalue weighted by molar-refractivity contribution is 0.0696. The molecule has 9 heteroatoms. The zero-order valence-electron chi connectivity index (χ0n) is 12.9. The number of carboxylic acids is 1. The molecule has 2 N–H and O–H groups in total. The number of hydrogen-bond acceptors (Lipinski definition) is 6. The number of benzene rings is 1. The van der Waals surface area contributed by atoms with Crippen LogP contribution in [0, 0.1) is 0 Å². The molecule has 1 aromatic carbocycles. The maximum atomic E-state index is 11.5. The van der Waals surface area contributed by atoms with Crippen LogP contribution in [0.5, 0.6) is 0 Å². The smallest absolute Gasteiger partial charge is 0.341 e. The van der Waals surface area contributed by atoms with Crippen LogP contribution < -0.4 is 9.62 Å². The van der Waals surface area contributed by atoms with Crippen molar-refractivity contribution < 1.29 is 18.3 Å².